The summed E-state index contributed by atoms with van der Waals surface area (Å²) in [6.07, 6.45) is 2.96. The van der Waals surface area contributed by atoms with Gasteiger partial charge in [-0.1, -0.05) is 6.92 Å². The maximum absolute atomic E-state index is 11.6. The quantitative estimate of drug-likeness (QED) is 0.607. The van der Waals surface area contributed by atoms with Crippen molar-refractivity contribution in [3.05, 3.63) is 0 Å². The second-order valence-corrected chi connectivity index (χ2v) is 4.23. The van der Waals surface area contributed by atoms with Crippen LogP contribution in [0, 0.1) is 5.92 Å². The normalized spacial score (nSPS) is 35.5. The maximum Gasteiger partial charge on any atom is 0.223 e. The van der Waals surface area contributed by atoms with Crippen molar-refractivity contribution in [2.45, 2.75) is 32.2 Å². The Morgan fingerprint density at radius 2 is 2.38 bits per heavy atom. The number of hydrogen-bond donors (Lipinski definition) is 0. The standard InChI is InChI=1S/C10H17NO2/c1-8-5-10(12)11(6-8)9-3-2-4-13-7-9/h8-9H,2-7H2,1H3. The van der Waals surface area contributed by atoms with E-state index in [1.54, 1.807) is 0 Å². The molecule has 3 nitrogen and oxygen atoms in total. The molecule has 0 bridgehead atoms. The fraction of sp³-hybridized carbons (Fsp3) is 0.900. The van der Waals surface area contributed by atoms with Gasteiger partial charge in [0.05, 0.1) is 12.6 Å². The minimum atomic E-state index is 0.322. The highest BCUT2D eigenvalue weighted by atomic mass is 16.5. The van der Waals surface area contributed by atoms with E-state index in [9.17, 15) is 4.79 Å². The predicted molar refractivity (Wildman–Crippen MR) is 49.3 cm³/mol. The van der Waals surface area contributed by atoms with Crippen LogP contribution in [0.25, 0.3) is 0 Å². The first-order valence-corrected chi connectivity index (χ1v) is 5.14. The first-order chi connectivity index (χ1) is 6.27. The van der Waals surface area contributed by atoms with Gasteiger partial charge in [0, 0.05) is 19.6 Å². The Bertz CT molecular complexity index is 199. The molecule has 0 spiro atoms. The molecule has 2 atom stereocenters. The number of carbonyl (C=O) groups excluding carboxylic acids is 1. The zero-order chi connectivity index (χ0) is 9.26. The van der Waals surface area contributed by atoms with E-state index in [4.69, 9.17) is 4.74 Å². The van der Waals surface area contributed by atoms with Crippen LogP contribution >= 0.6 is 0 Å². The molecule has 1 amide bonds. The molecule has 3 heteroatoms. The summed E-state index contributed by atoms with van der Waals surface area (Å²) >= 11 is 0. The molecule has 2 unspecified atom stereocenters. The average molecular weight is 183 g/mol. The lowest BCUT2D eigenvalue weighted by Gasteiger charge is -2.31. The van der Waals surface area contributed by atoms with Crippen LogP contribution in [-0.2, 0) is 9.53 Å². The Labute approximate surface area is 79.0 Å². The Morgan fingerprint density at radius 1 is 1.54 bits per heavy atom. The van der Waals surface area contributed by atoms with E-state index < -0.39 is 0 Å². The highest BCUT2D eigenvalue weighted by Gasteiger charge is 2.32. The third kappa shape index (κ3) is 1.85. The third-order valence-electron chi connectivity index (χ3n) is 2.93. The molecular formula is C10H17NO2. The van der Waals surface area contributed by atoms with Gasteiger partial charge in [-0.05, 0) is 18.8 Å². The largest absolute Gasteiger partial charge is 0.379 e. The number of ether oxygens (including phenoxy) is 1. The van der Waals surface area contributed by atoms with Crippen molar-refractivity contribution in [1.29, 1.82) is 0 Å². The molecule has 74 valence electrons. The van der Waals surface area contributed by atoms with Gasteiger partial charge in [0.25, 0.3) is 0 Å². The van der Waals surface area contributed by atoms with Gasteiger partial charge in [0.15, 0.2) is 0 Å². The van der Waals surface area contributed by atoms with Gasteiger partial charge < -0.3 is 9.64 Å². The highest BCUT2D eigenvalue weighted by Crippen LogP contribution is 2.23. The lowest BCUT2D eigenvalue weighted by molar-refractivity contribution is -0.132. The fourth-order valence-electron chi connectivity index (χ4n) is 2.24. The van der Waals surface area contributed by atoms with Gasteiger partial charge in [-0.3, -0.25) is 4.79 Å². The minimum Gasteiger partial charge on any atom is -0.379 e. The molecule has 2 rings (SSSR count). The number of rotatable bonds is 1. The first-order valence-electron chi connectivity index (χ1n) is 5.14. The molecule has 0 N–H and O–H groups in total. The lowest BCUT2D eigenvalue weighted by atomic mass is 10.1. The van der Waals surface area contributed by atoms with Crippen LogP contribution in [-0.4, -0.2) is 36.6 Å². The molecule has 13 heavy (non-hydrogen) atoms. The van der Waals surface area contributed by atoms with Gasteiger partial charge >= 0.3 is 0 Å². The zero-order valence-electron chi connectivity index (χ0n) is 8.16. The Kier molecular flexibility index (Phi) is 2.54. The van der Waals surface area contributed by atoms with Crippen LogP contribution < -0.4 is 0 Å². The van der Waals surface area contributed by atoms with Crippen molar-refractivity contribution in [2.24, 2.45) is 5.92 Å². The lowest BCUT2D eigenvalue weighted by Crippen LogP contribution is -2.41. The number of carbonyl (C=O) groups is 1. The van der Waals surface area contributed by atoms with Gasteiger partial charge in [0.2, 0.25) is 5.91 Å². The van der Waals surface area contributed by atoms with Crippen molar-refractivity contribution in [3.63, 3.8) is 0 Å². The molecule has 0 aromatic rings. The van der Waals surface area contributed by atoms with Crippen LogP contribution in [0.5, 0.6) is 0 Å². The topological polar surface area (TPSA) is 29.5 Å². The smallest absolute Gasteiger partial charge is 0.223 e. The summed E-state index contributed by atoms with van der Waals surface area (Å²) in [7, 11) is 0. The van der Waals surface area contributed by atoms with Crippen LogP contribution in [0.15, 0.2) is 0 Å². The van der Waals surface area contributed by atoms with E-state index in [0.29, 0.717) is 17.9 Å². The maximum atomic E-state index is 11.6. The molecule has 2 aliphatic heterocycles. The van der Waals surface area contributed by atoms with Crippen molar-refractivity contribution in [1.82, 2.24) is 4.90 Å². The molecule has 0 aliphatic carbocycles. The number of amides is 1. The Morgan fingerprint density at radius 3 is 2.92 bits per heavy atom. The van der Waals surface area contributed by atoms with Gasteiger partial charge in [-0.15, -0.1) is 0 Å². The predicted octanol–water partition coefficient (Wildman–Crippen LogP) is 1.03. The highest BCUT2D eigenvalue weighted by molar-refractivity contribution is 5.78. The van der Waals surface area contributed by atoms with Crippen LogP contribution in [0.4, 0.5) is 0 Å². The fourth-order valence-corrected chi connectivity index (χ4v) is 2.24. The summed E-state index contributed by atoms with van der Waals surface area (Å²) < 4.78 is 5.38. The monoisotopic (exact) mass is 183 g/mol. The molecular weight excluding hydrogens is 166 g/mol. The molecule has 0 aromatic heterocycles. The summed E-state index contributed by atoms with van der Waals surface area (Å²) in [5, 5.41) is 0. The molecule has 0 aromatic carbocycles. The average Bonchev–Trinajstić information content (AvgIpc) is 2.47. The Balaban J connectivity index is 1.95. The van der Waals surface area contributed by atoms with Crippen molar-refractivity contribution < 1.29 is 9.53 Å². The number of likely N-dealkylation sites (tertiary alicyclic amines) is 1. The van der Waals surface area contributed by atoms with E-state index >= 15 is 0 Å². The van der Waals surface area contributed by atoms with Crippen molar-refractivity contribution in [3.8, 4) is 0 Å². The first kappa shape index (κ1) is 9.00. The van der Waals surface area contributed by atoms with Gasteiger partial charge in [-0.2, -0.15) is 0 Å². The summed E-state index contributed by atoms with van der Waals surface area (Å²) in [5.74, 6) is 0.859. The molecule has 0 radical (unpaired) electrons. The Hall–Kier alpha value is -0.570. The second-order valence-electron chi connectivity index (χ2n) is 4.23. The van der Waals surface area contributed by atoms with E-state index in [0.717, 1.165) is 39.0 Å². The van der Waals surface area contributed by atoms with Crippen LogP contribution in [0.1, 0.15) is 26.2 Å². The number of hydrogen-bond acceptors (Lipinski definition) is 2. The number of nitrogens with zero attached hydrogens (tertiary/aromatic N) is 1. The van der Waals surface area contributed by atoms with E-state index in [1.165, 1.54) is 0 Å². The summed E-state index contributed by atoms with van der Waals surface area (Å²) in [4.78, 5) is 13.6. The third-order valence-corrected chi connectivity index (χ3v) is 2.93. The van der Waals surface area contributed by atoms with Crippen LogP contribution in [0.3, 0.4) is 0 Å². The SMILES string of the molecule is CC1CC(=O)N(C2CCCOC2)C1. The van der Waals surface area contributed by atoms with Gasteiger partial charge in [-0.25, -0.2) is 0 Å². The molecule has 2 aliphatic rings. The van der Waals surface area contributed by atoms with Crippen molar-refractivity contribution >= 4 is 5.91 Å². The minimum absolute atomic E-state index is 0.322. The van der Waals surface area contributed by atoms with E-state index in [1.807, 2.05) is 4.90 Å². The molecule has 2 fully saturated rings. The zero-order valence-corrected chi connectivity index (χ0v) is 8.16. The van der Waals surface area contributed by atoms with Crippen LogP contribution in [0.2, 0.25) is 0 Å². The summed E-state index contributed by atoms with van der Waals surface area (Å²) in [6, 6.07) is 0.367. The van der Waals surface area contributed by atoms with E-state index in [2.05, 4.69) is 6.92 Å². The molecule has 2 heterocycles. The molecule has 0 saturated carbocycles. The van der Waals surface area contributed by atoms with Crippen molar-refractivity contribution in [2.75, 3.05) is 19.8 Å². The van der Waals surface area contributed by atoms with Gasteiger partial charge in [0.1, 0.15) is 0 Å². The van der Waals surface area contributed by atoms with E-state index in [-0.39, 0.29) is 0 Å². The second kappa shape index (κ2) is 3.66. The summed E-state index contributed by atoms with van der Waals surface area (Å²) in [5.41, 5.74) is 0. The summed E-state index contributed by atoms with van der Waals surface area (Å²) in [6.45, 7) is 4.70. The molecule has 2 saturated heterocycles.